The molecule has 1 aromatic carbocycles. The van der Waals surface area contributed by atoms with Crippen LogP contribution in [0.15, 0.2) is 12.1 Å². The lowest BCUT2D eigenvalue weighted by molar-refractivity contribution is 0.107. The molecule has 0 aromatic heterocycles. The molecule has 0 heterocycles. The second kappa shape index (κ2) is 7.54. The topological polar surface area (TPSA) is 41.5 Å². The quantitative estimate of drug-likeness (QED) is 0.546. The molecule has 0 aliphatic heterocycles. The van der Waals surface area contributed by atoms with Crippen molar-refractivity contribution in [3.8, 4) is 5.75 Å². The summed E-state index contributed by atoms with van der Waals surface area (Å²) in [7, 11) is 1.81. The summed E-state index contributed by atoms with van der Waals surface area (Å²) in [6.45, 7) is 0.852. The van der Waals surface area contributed by atoms with Crippen LogP contribution in [0.1, 0.15) is 0 Å². The van der Waals surface area contributed by atoms with Gasteiger partial charge in [0.2, 0.25) is 0 Å². The third-order valence-electron chi connectivity index (χ3n) is 1.82. The van der Waals surface area contributed by atoms with Crippen molar-refractivity contribution in [2.45, 2.75) is 6.10 Å². The Morgan fingerprint density at radius 1 is 1.31 bits per heavy atom. The van der Waals surface area contributed by atoms with Crippen LogP contribution in [-0.4, -0.2) is 31.4 Å². The van der Waals surface area contributed by atoms with Crippen LogP contribution >= 0.6 is 67.8 Å². The Labute approximate surface area is 136 Å². The van der Waals surface area contributed by atoms with Gasteiger partial charge in [-0.05, 0) is 87.0 Å². The summed E-state index contributed by atoms with van der Waals surface area (Å²) in [5, 5.41) is 12.5. The SMILES string of the molecule is CNCC(O)COc1c(I)cc(I)cc1I. The summed E-state index contributed by atoms with van der Waals surface area (Å²) in [6.07, 6.45) is -0.476. The van der Waals surface area contributed by atoms with Gasteiger partial charge in [0.05, 0.1) is 7.14 Å². The second-order valence-electron chi connectivity index (χ2n) is 3.22. The lowest BCUT2D eigenvalue weighted by Gasteiger charge is -2.14. The molecule has 1 unspecified atom stereocenters. The smallest absolute Gasteiger partial charge is 0.146 e. The van der Waals surface area contributed by atoms with E-state index in [1.807, 2.05) is 7.05 Å². The van der Waals surface area contributed by atoms with E-state index in [1.54, 1.807) is 0 Å². The Morgan fingerprint density at radius 3 is 2.38 bits per heavy atom. The highest BCUT2D eigenvalue weighted by molar-refractivity contribution is 14.1. The fourth-order valence-electron chi connectivity index (χ4n) is 1.14. The van der Waals surface area contributed by atoms with Crippen LogP contribution < -0.4 is 10.1 Å². The van der Waals surface area contributed by atoms with Gasteiger partial charge < -0.3 is 15.2 Å². The van der Waals surface area contributed by atoms with Crippen LogP contribution in [0.4, 0.5) is 0 Å². The Bertz CT molecular complexity index is 337. The third-order valence-corrected chi connectivity index (χ3v) is 4.05. The van der Waals surface area contributed by atoms with Crippen molar-refractivity contribution < 1.29 is 9.84 Å². The Morgan fingerprint density at radius 2 is 1.88 bits per heavy atom. The highest BCUT2D eigenvalue weighted by Gasteiger charge is 2.10. The molecule has 90 valence electrons. The van der Waals surface area contributed by atoms with Crippen LogP contribution in [0.2, 0.25) is 0 Å². The zero-order chi connectivity index (χ0) is 12.1. The maximum Gasteiger partial charge on any atom is 0.146 e. The Hall–Kier alpha value is 1.13. The molecule has 0 radical (unpaired) electrons. The summed E-state index contributed by atoms with van der Waals surface area (Å²) >= 11 is 6.77. The lowest BCUT2D eigenvalue weighted by atomic mass is 10.3. The first-order chi connectivity index (χ1) is 7.54. The minimum absolute atomic E-state index is 0.313. The van der Waals surface area contributed by atoms with Crippen LogP contribution in [0.3, 0.4) is 0 Å². The summed E-state index contributed by atoms with van der Waals surface area (Å²) in [6, 6.07) is 4.12. The molecule has 3 nitrogen and oxygen atoms in total. The van der Waals surface area contributed by atoms with Crippen LogP contribution in [0, 0.1) is 10.7 Å². The van der Waals surface area contributed by atoms with E-state index in [0.717, 1.165) is 12.9 Å². The first-order valence-corrected chi connectivity index (χ1v) is 7.88. The number of halogens is 3. The van der Waals surface area contributed by atoms with Gasteiger partial charge in [0.15, 0.2) is 0 Å². The third kappa shape index (κ3) is 4.78. The zero-order valence-electron chi connectivity index (χ0n) is 8.64. The number of benzene rings is 1. The Balaban J connectivity index is 2.67. The van der Waals surface area contributed by atoms with Gasteiger partial charge in [0, 0.05) is 10.1 Å². The van der Waals surface area contributed by atoms with E-state index >= 15 is 0 Å². The minimum Gasteiger partial charge on any atom is -0.489 e. The average Bonchev–Trinajstić information content (AvgIpc) is 2.16. The second-order valence-corrected chi connectivity index (χ2v) is 6.79. The van der Waals surface area contributed by atoms with Gasteiger partial charge in [-0.1, -0.05) is 0 Å². The maximum absolute atomic E-state index is 9.55. The molecular weight excluding hydrogens is 547 g/mol. The fourth-order valence-corrected chi connectivity index (χ4v) is 5.03. The molecule has 1 rings (SSSR count). The van der Waals surface area contributed by atoms with E-state index in [9.17, 15) is 5.11 Å². The van der Waals surface area contributed by atoms with Gasteiger partial charge >= 0.3 is 0 Å². The van der Waals surface area contributed by atoms with Gasteiger partial charge in [-0.15, -0.1) is 0 Å². The van der Waals surface area contributed by atoms with Gasteiger partial charge in [-0.25, -0.2) is 0 Å². The molecular formula is C10H12I3NO2. The van der Waals surface area contributed by atoms with Crippen LogP contribution in [0.5, 0.6) is 5.75 Å². The predicted octanol–water partition coefficient (Wildman–Crippen LogP) is 2.46. The summed E-state index contributed by atoms with van der Waals surface area (Å²) < 4.78 is 8.97. The molecule has 6 heteroatoms. The number of ether oxygens (including phenoxy) is 1. The van der Waals surface area contributed by atoms with Crippen molar-refractivity contribution in [1.82, 2.24) is 5.32 Å². The molecule has 0 bridgehead atoms. The molecule has 0 saturated heterocycles. The van der Waals surface area contributed by atoms with Crippen molar-refractivity contribution in [3.63, 3.8) is 0 Å². The fraction of sp³-hybridized carbons (Fsp3) is 0.400. The van der Waals surface area contributed by atoms with Gasteiger partial charge in [0.25, 0.3) is 0 Å². The first-order valence-electron chi connectivity index (χ1n) is 4.64. The summed E-state index contributed by atoms with van der Waals surface area (Å²) in [5.41, 5.74) is 0. The maximum atomic E-state index is 9.55. The number of aliphatic hydroxyl groups is 1. The molecule has 2 N–H and O–H groups in total. The summed E-state index contributed by atoms with van der Waals surface area (Å²) in [4.78, 5) is 0. The standard InChI is InChI=1S/C10H12I3NO2/c1-14-4-7(15)5-16-10-8(12)2-6(11)3-9(10)13/h2-3,7,14-15H,4-5H2,1H3. The minimum atomic E-state index is -0.476. The van der Waals surface area contributed by atoms with Crippen molar-refractivity contribution in [2.75, 3.05) is 20.2 Å². The molecule has 0 aliphatic rings. The van der Waals surface area contributed by atoms with Crippen molar-refractivity contribution in [1.29, 1.82) is 0 Å². The van der Waals surface area contributed by atoms with Gasteiger partial charge in [0.1, 0.15) is 18.5 Å². The van der Waals surface area contributed by atoms with Crippen molar-refractivity contribution in [3.05, 3.63) is 22.8 Å². The zero-order valence-corrected chi connectivity index (χ0v) is 15.1. The van der Waals surface area contributed by atoms with Crippen molar-refractivity contribution in [2.24, 2.45) is 0 Å². The number of likely N-dealkylation sites (N-methyl/N-ethyl adjacent to an activating group) is 1. The van der Waals surface area contributed by atoms with E-state index in [-0.39, 0.29) is 0 Å². The molecule has 16 heavy (non-hydrogen) atoms. The summed E-state index contributed by atoms with van der Waals surface area (Å²) in [5.74, 6) is 0.858. The number of rotatable bonds is 5. The van der Waals surface area contributed by atoms with E-state index in [0.29, 0.717) is 13.2 Å². The van der Waals surface area contributed by atoms with Gasteiger partial charge in [-0.2, -0.15) is 0 Å². The monoisotopic (exact) mass is 559 g/mol. The number of hydrogen-bond donors (Lipinski definition) is 2. The normalized spacial score (nSPS) is 12.6. The molecule has 1 aromatic rings. The lowest BCUT2D eigenvalue weighted by Crippen LogP contribution is -2.29. The van der Waals surface area contributed by atoms with Crippen LogP contribution in [0.25, 0.3) is 0 Å². The first kappa shape index (κ1) is 15.2. The molecule has 0 fully saturated rings. The van der Waals surface area contributed by atoms with Crippen LogP contribution in [-0.2, 0) is 0 Å². The number of nitrogens with one attached hydrogen (secondary N) is 1. The molecule has 0 aliphatic carbocycles. The van der Waals surface area contributed by atoms with E-state index in [4.69, 9.17) is 4.74 Å². The largest absolute Gasteiger partial charge is 0.489 e. The highest BCUT2D eigenvalue weighted by atomic mass is 127. The number of aliphatic hydroxyl groups excluding tert-OH is 1. The highest BCUT2D eigenvalue weighted by Crippen LogP contribution is 2.29. The molecule has 0 spiro atoms. The van der Waals surface area contributed by atoms with E-state index < -0.39 is 6.10 Å². The predicted molar refractivity (Wildman–Crippen MR) is 90.0 cm³/mol. The van der Waals surface area contributed by atoms with E-state index in [1.165, 1.54) is 3.57 Å². The Kier molecular flexibility index (Phi) is 7.16. The van der Waals surface area contributed by atoms with Gasteiger partial charge in [-0.3, -0.25) is 0 Å². The van der Waals surface area contributed by atoms with E-state index in [2.05, 4.69) is 85.2 Å². The average molecular weight is 559 g/mol. The molecule has 1 atom stereocenters. The molecule has 0 amide bonds. The van der Waals surface area contributed by atoms with Crippen molar-refractivity contribution >= 4 is 67.8 Å². The number of hydrogen-bond acceptors (Lipinski definition) is 3. The molecule has 0 saturated carbocycles.